The SMILES string of the molecule is CCCc1ccc(OCCNC(=O)c2ccc(C)c(S(=O)(=O)N3CCOCC3)c2)cc1. The Morgan fingerprint density at radius 2 is 1.84 bits per heavy atom. The Labute approximate surface area is 184 Å². The van der Waals surface area contributed by atoms with E-state index in [4.69, 9.17) is 9.47 Å². The number of amides is 1. The Morgan fingerprint density at radius 3 is 2.52 bits per heavy atom. The molecule has 0 bridgehead atoms. The monoisotopic (exact) mass is 446 g/mol. The quantitative estimate of drug-likeness (QED) is 0.599. The second-order valence-corrected chi connectivity index (χ2v) is 9.40. The molecule has 0 atom stereocenters. The van der Waals surface area contributed by atoms with Crippen molar-refractivity contribution in [2.24, 2.45) is 0 Å². The fourth-order valence-corrected chi connectivity index (χ4v) is 5.08. The van der Waals surface area contributed by atoms with Crippen LogP contribution in [0.15, 0.2) is 47.4 Å². The minimum Gasteiger partial charge on any atom is -0.492 e. The number of benzene rings is 2. The van der Waals surface area contributed by atoms with Crippen LogP contribution in [0, 0.1) is 6.92 Å². The zero-order valence-corrected chi connectivity index (χ0v) is 18.9. The molecule has 0 radical (unpaired) electrons. The number of ether oxygens (including phenoxy) is 2. The standard InChI is InChI=1S/C23H30N2O5S/c1-3-4-19-6-9-21(10-7-19)30-14-11-24-23(26)20-8-5-18(2)22(17-20)31(27,28)25-12-15-29-16-13-25/h5-10,17H,3-4,11-16H2,1-2H3,(H,24,26). The normalized spacial score (nSPS) is 14.9. The molecular weight excluding hydrogens is 416 g/mol. The van der Waals surface area contributed by atoms with E-state index in [0.29, 0.717) is 50.6 Å². The van der Waals surface area contributed by atoms with Crippen LogP contribution in [0.5, 0.6) is 5.75 Å². The number of carbonyl (C=O) groups is 1. The smallest absolute Gasteiger partial charge is 0.251 e. The molecule has 0 aromatic heterocycles. The van der Waals surface area contributed by atoms with Crippen molar-refractivity contribution in [2.45, 2.75) is 31.6 Å². The molecule has 7 nitrogen and oxygen atoms in total. The van der Waals surface area contributed by atoms with Crippen LogP contribution in [-0.2, 0) is 21.2 Å². The molecule has 168 valence electrons. The number of nitrogens with one attached hydrogen (secondary N) is 1. The third-order valence-electron chi connectivity index (χ3n) is 5.16. The van der Waals surface area contributed by atoms with Crippen LogP contribution in [-0.4, -0.2) is 58.1 Å². The Balaban J connectivity index is 1.57. The number of morpholine rings is 1. The van der Waals surface area contributed by atoms with Gasteiger partial charge in [0.05, 0.1) is 24.7 Å². The van der Waals surface area contributed by atoms with Gasteiger partial charge in [0.25, 0.3) is 5.91 Å². The van der Waals surface area contributed by atoms with Crippen molar-refractivity contribution in [2.75, 3.05) is 39.5 Å². The van der Waals surface area contributed by atoms with Crippen molar-refractivity contribution in [3.05, 3.63) is 59.2 Å². The summed E-state index contributed by atoms with van der Waals surface area (Å²) in [4.78, 5) is 12.7. The zero-order chi connectivity index (χ0) is 22.3. The molecule has 1 fully saturated rings. The molecule has 2 aromatic rings. The second kappa shape index (κ2) is 10.7. The van der Waals surface area contributed by atoms with Crippen LogP contribution >= 0.6 is 0 Å². The molecule has 1 N–H and O–H groups in total. The fraction of sp³-hybridized carbons (Fsp3) is 0.435. The fourth-order valence-electron chi connectivity index (χ4n) is 3.42. The first kappa shape index (κ1) is 23.2. The lowest BCUT2D eigenvalue weighted by Crippen LogP contribution is -2.41. The van der Waals surface area contributed by atoms with Gasteiger partial charge in [0.1, 0.15) is 12.4 Å². The highest BCUT2D eigenvalue weighted by molar-refractivity contribution is 7.89. The van der Waals surface area contributed by atoms with E-state index in [9.17, 15) is 13.2 Å². The average Bonchev–Trinajstić information content (AvgIpc) is 2.78. The van der Waals surface area contributed by atoms with Gasteiger partial charge in [0.15, 0.2) is 0 Å². The van der Waals surface area contributed by atoms with E-state index in [-0.39, 0.29) is 10.8 Å². The predicted octanol–water partition coefficient (Wildman–Crippen LogP) is 2.78. The third kappa shape index (κ3) is 6.06. The molecular formula is C23H30N2O5S. The molecule has 1 aliphatic rings. The van der Waals surface area contributed by atoms with Gasteiger partial charge in [0, 0.05) is 18.7 Å². The second-order valence-electron chi connectivity index (χ2n) is 7.50. The summed E-state index contributed by atoms with van der Waals surface area (Å²) in [5, 5.41) is 2.79. The maximum Gasteiger partial charge on any atom is 0.251 e. The van der Waals surface area contributed by atoms with Crippen molar-refractivity contribution in [3.63, 3.8) is 0 Å². The summed E-state index contributed by atoms with van der Waals surface area (Å²) in [5.41, 5.74) is 2.18. The summed E-state index contributed by atoms with van der Waals surface area (Å²) in [6.45, 7) is 5.89. The van der Waals surface area contributed by atoms with Gasteiger partial charge in [-0.15, -0.1) is 0 Å². The summed E-state index contributed by atoms with van der Waals surface area (Å²) in [5.74, 6) is 0.420. The van der Waals surface area contributed by atoms with Crippen LogP contribution in [0.4, 0.5) is 0 Å². The highest BCUT2D eigenvalue weighted by atomic mass is 32.2. The number of hydrogen-bond acceptors (Lipinski definition) is 5. The largest absolute Gasteiger partial charge is 0.492 e. The number of hydrogen-bond donors (Lipinski definition) is 1. The van der Waals surface area contributed by atoms with E-state index in [1.54, 1.807) is 19.1 Å². The van der Waals surface area contributed by atoms with E-state index >= 15 is 0 Å². The first-order valence-electron chi connectivity index (χ1n) is 10.6. The predicted molar refractivity (Wildman–Crippen MR) is 119 cm³/mol. The maximum absolute atomic E-state index is 13.0. The highest BCUT2D eigenvalue weighted by Gasteiger charge is 2.28. The molecule has 0 spiro atoms. The van der Waals surface area contributed by atoms with Crippen molar-refractivity contribution in [3.8, 4) is 5.75 Å². The van der Waals surface area contributed by atoms with E-state index in [1.807, 2.05) is 24.3 Å². The van der Waals surface area contributed by atoms with E-state index < -0.39 is 10.0 Å². The van der Waals surface area contributed by atoms with Crippen LogP contribution in [0.25, 0.3) is 0 Å². The number of sulfonamides is 1. The zero-order valence-electron chi connectivity index (χ0n) is 18.1. The molecule has 0 unspecified atom stereocenters. The lowest BCUT2D eigenvalue weighted by molar-refractivity contribution is 0.0730. The first-order chi connectivity index (χ1) is 14.9. The Bertz CT molecular complexity index is 984. The maximum atomic E-state index is 13.0. The lowest BCUT2D eigenvalue weighted by Gasteiger charge is -2.26. The summed E-state index contributed by atoms with van der Waals surface area (Å²) < 4.78 is 38.3. The molecule has 1 saturated heterocycles. The van der Waals surface area contributed by atoms with E-state index in [0.717, 1.165) is 18.6 Å². The van der Waals surface area contributed by atoms with Gasteiger partial charge in [-0.1, -0.05) is 31.5 Å². The molecule has 1 aliphatic heterocycles. The summed E-state index contributed by atoms with van der Waals surface area (Å²) in [6, 6.07) is 12.7. The minimum absolute atomic E-state index is 0.158. The van der Waals surface area contributed by atoms with E-state index in [2.05, 4.69) is 12.2 Å². The molecule has 0 aliphatic carbocycles. The van der Waals surface area contributed by atoms with Crippen molar-refractivity contribution < 1.29 is 22.7 Å². The van der Waals surface area contributed by atoms with Crippen molar-refractivity contribution in [1.29, 1.82) is 0 Å². The number of carbonyl (C=O) groups excluding carboxylic acids is 1. The number of rotatable bonds is 9. The van der Waals surface area contributed by atoms with Gasteiger partial charge in [-0.3, -0.25) is 4.79 Å². The van der Waals surface area contributed by atoms with Gasteiger partial charge >= 0.3 is 0 Å². The first-order valence-corrected chi connectivity index (χ1v) is 12.0. The molecule has 8 heteroatoms. The van der Waals surface area contributed by atoms with E-state index in [1.165, 1.54) is 15.9 Å². The minimum atomic E-state index is -3.67. The van der Waals surface area contributed by atoms with Gasteiger partial charge in [-0.2, -0.15) is 4.31 Å². The Hall–Kier alpha value is -2.42. The van der Waals surface area contributed by atoms with Crippen LogP contribution < -0.4 is 10.1 Å². The van der Waals surface area contributed by atoms with Gasteiger partial charge in [-0.25, -0.2) is 8.42 Å². The number of nitrogens with zero attached hydrogens (tertiary/aromatic N) is 1. The van der Waals surface area contributed by atoms with Crippen LogP contribution in [0.3, 0.4) is 0 Å². The van der Waals surface area contributed by atoms with Crippen LogP contribution in [0.2, 0.25) is 0 Å². The Morgan fingerprint density at radius 1 is 1.13 bits per heavy atom. The molecule has 2 aromatic carbocycles. The summed E-state index contributed by atoms with van der Waals surface area (Å²) in [7, 11) is -3.67. The molecule has 1 heterocycles. The third-order valence-corrected chi connectivity index (χ3v) is 7.20. The van der Waals surface area contributed by atoms with Crippen molar-refractivity contribution in [1.82, 2.24) is 9.62 Å². The summed E-state index contributed by atoms with van der Waals surface area (Å²) in [6.07, 6.45) is 2.14. The molecule has 1 amide bonds. The van der Waals surface area contributed by atoms with Crippen LogP contribution in [0.1, 0.15) is 34.8 Å². The lowest BCUT2D eigenvalue weighted by atomic mass is 10.1. The molecule has 31 heavy (non-hydrogen) atoms. The van der Waals surface area contributed by atoms with Gasteiger partial charge in [-0.05, 0) is 48.7 Å². The van der Waals surface area contributed by atoms with Gasteiger partial charge in [0.2, 0.25) is 10.0 Å². The highest BCUT2D eigenvalue weighted by Crippen LogP contribution is 2.22. The average molecular weight is 447 g/mol. The molecule has 0 saturated carbocycles. The Kier molecular flexibility index (Phi) is 8.06. The van der Waals surface area contributed by atoms with Gasteiger partial charge < -0.3 is 14.8 Å². The topological polar surface area (TPSA) is 84.9 Å². The molecule has 3 rings (SSSR count). The number of aryl methyl sites for hydroxylation is 2. The summed E-state index contributed by atoms with van der Waals surface area (Å²) >= 11 is 0. The van der Waals surface area contributed by atoms with Crippen molar-refractivity contribution >= 4 is 15.9 Å².